The van der Waals surface area contributed by atoms with Crippen LogP contribution in [0.5, 0.6) is 0 Å². The zero-order valence-corrected chi connectivity index (χ0v) is 12.2. The molecule has 0 atom stereocenters. The molecule has 0 saturated carbocycles. The number of aryl methyl sites for hydroxylation is 1. The fraction of sp³-hybridized carbons (Fsp3) is 0.286. The number of para-hydroxylation sites is 1. The molecule has 0 bridgehead atoms. The highest BCUT2D eigenvalue weighted by atomic mass is 32.2. The molecule has 0 aliphatic carbocycles. The summed E-state index contributed by atoms with van der Waals surface area (Å²) < 4.78 is 0. The number of benzene rings is 1. The predicted octanol–water partition coefficient (Wildman–Crippen LogP) is 3.68. The lowest BCUT2D eigenvalue weighted by atomic mass is 10.3. The molecule has 1 heterocycles. The lowest BCUT2D eigenvalue weighted by molar-refractivity contribution is 1.05. The molecule has 0 saturated heterocycles. The van der Waals surface area contributed by atoms with Gasteiger partial charge in [0.25, 0.3) is 0 Å². The molecular formula is C14H18N4S. The van der Waals surface area contributed by atoms with Crippen LogP contribution < -0.4 is 10.6 Å². The van der Waals surface area contributed by atoms with E-state index in [0.29, 0.717) is 5.95 Å². The van der Waals surface area contributed by atoms with Crippen LogP contribution in [-0.4, -0.2) is 22.8 Å². The van der Waals surface area contributed by atoms with Gasteiger partial charge in [0.1, 0.15) is 5.82 Å². The zero-order chi connectivity index (χ0) is 13.7. The van der Waals surface area contributed by atoms with Gasteiger partial charge >= 0.3 is 0 Å². The van der Waals surface area contributed by atoms with Gasteiger partial charge in [-0.1, -0.05) is 12.1 Å². The maximum absolute atomic E-state index is 4.45. The third-order valence-corrected chi connectivity index (χ3v) is 3.35. The van der Waals surface area contributed by atoms with Crippen LogP contribution in [-0.2, 0) is 0 Å². The molecule has 1 aromatic heterocycles. The van der Waals surface area contributed by atoms with Crippen LogP contribution in [0.15, 0.2) is 35.2 Å². The van der Waals surface area contributed by atoms with Gasteiger partial charge in [-0.25, -0.2) is 4.98 Å². The molecule has 2 aromatic rings. The standard InChI is InChI=1S/C14H18N4S/c1-4-15-14-16-10(2)9-13(18-14)17-11-7-5-6-8-12(11)19-3/h5-9H,4H2,1-3H3,(H2,15,16,17,18). The maximum Gasteiger partial charge on any atom is 0.224 e. The largest absolute Gasteiger partial charge is 0.354 e. The minimum atomic E-state index is 0.659. The molecule has 0 unspecified atom stereocenters. The summed E-state index contributed by atoms with van der Waals surface area (Å²) in [7, 11) is 0. The van der Waals surface area contributed by atoms with Gasteiger partial charge in [-0.15, -0.1) is 11.8 Å². The van der Waals surface area contributed by atoms with Gasteiger partial charge < -0.3 is 10.6 Å². The molecule has 2 N–H and O–H groups in total. The third kappa shape index (κ3) is 3.61. The van der Waals surface area contributed by atoms with Crippen molar-refractivity contribution in [3.8, 4) is 0 Å². The Morgan fingerprint density at radius 3 is 2.74 bits per heavy atom. The lowest BCUT2D eigenvalue weighted by Gasteiger charge is -2.11. The molecule has 4 nitrogen and oxygen atoms in total. The van der Waals surface area contributed by atoms with Crippen molar-refractivity contribution in [2.24, 2.45) is 0 Å². The van der Waals surface area contributed by atoms with E-state index in [1.807, 2.05) is 32.0 Å². The van der Waals surface area contributed by atoms with Gasteiger partial charge in [0, 0.05) is 23.2 Å². The summed E-state index contributed by atoms with van der Waals surface area (Å²) in [6.45, 7) is 4.81. The Morgan fingerprint density at radius 2 is 2.00 bits per heavy atom. The van der Waals surface area contributed by atoms with Crippen molar-refractivity contribution in [2.75, 3.05) is 23.4 Å². The van der Waals surface area contributed by atoms with Crippen molar-refractivity contribution < 1.29 is 0 Å². The number of anilines is 3. The van der Waals surface area contributed by atoms with E-state index in [1.165, 1.54) is 4.90 Å². The molecule has 2 rings (SSSR count). The first-order valence-electron chi connectivity index (χ1n) is 6.22. The molecule has 0 amide bonds. The van der Waals surface area contributed by atoms with E-state index in [0.717, 1.165) is 23.7 Å². The van der Waals surface area contributed by atoms with Crippen LogP contribution in [0.3, 0.4) is 0 Å². The topological polar surface area (TPSA) is 49.8 Å². The average molecular weight is 274 g/mol. The van der Waals surface area contributed by atoms with Crippen LogP contribution in [0.1, 0.15) is 12.6 Å². The molecule has 0 spiro atoms. The van der Waals surface area contributed by atoms with E-state index in [2.05, 4.69) is 39.0 Å². The predicted molar refractivity (Wildman–Crippen MR) is 82.4 cm³/mol. The van der Waals surface area contributed by atoms with Crippen LogP contribution >= 0.6 is 11.8 Å². The molecule has 19 heavy (non-hydrogen) atoms. The van der Waals surface area contributed by atoms with Gasteiger partial charge in [-0.2, -0.15) is 4.98 Å². The number of hydrogen-bond donors (Lipinski definition) is 2. The summed E-state index contributed by atoms with van der Waals surface area (Å²) >= 11 is 1.71. The Hall–Kier alpha value is -1.75. The van der Waals surface area contributed by atoms with Crippen LogP contribution in [0.25, 0.3) is 0 Å². The summed E-state index contributed by atoms with van der Waals surface area (Å²) in [5.41, 5.74) is 2.01. The molecular weight excluding hydrogens is 256 g/mol. The van der Waals surface area contributed by atoms with Gasteiger partial charge in [0.2, 0.25) is 5.95 Å². The monoisotopic (exact) mass is 274 g/mol. The van der Waals surface area contributed by atoms with Crippen molar-refractivity contribution in [2.45, 2.75) is 18.7 Å². The lowest BCUT2D eigenvalue weighted by Crippen LogP contribution is -2.05. The quantitative estimate of drug-likeness (QED) is 0.814. The minimum absolute atomic E-state index is 0.659. The van der Waals surface area contributed by atoms with Crippen LogP contribution in [0, 0.1) is 6.92 Å². The Kier molecular flexibility index (Phi) is 4.63. The summed E-state index contributed by atoms with van der Waals surface area (Å²) in [6, 6.07) is 10.1. The number of nitrogens with zero attached hydrogens (tertiary/aromatic N) is 2. The summed E-state index contributed by atoms with van der Waals surface area (Å²) in [5.74, 6) is 1.47. The highest BCUT2D eigenvalue weighted by Crippen LogP contribution is 2.27. The Bertz CT molecular complexity index is 557. The van der Waals surface area contributed by atoms with Crippen molar-refractivity contribution in [3.05, 3.63) is 36.0 Å². The average Bonchev–Trinajstić information content (AvgIpc) is 2.39. The number of rotatable bonds is 5. The molecule has 0 radical (unpaired) electrons. The first kappa shape index (κ1) is 13.7. The van der Waals surface area contributed by atoms with Gasteiger partial charge in [0.15, 0.2) is 0 Å². The fourth-order valence-corrected chi connectivity index (χ4v) is 2.31. The second-order valence-electron chi connectivity index (χ2n) is 4.07. The van der Waals surface area contributed by atoms with E-state index in [4.69, 9.17) is 0 Å². The van der Waals surface area contributed by atoms with Crippen LogP contribution in [0.4, 0.5) is 17.5 Å². The molecule has 0 fully saturated rings. The fourth-order valence-electron chi connectivity index (χ4n) is 1.76. The second kappa shape index (κ2) is 6.43. The van der Waals surface area contributed by atoms with Crippen LogP contribution in [0.2, 0.25) is 0 Å². The molecule has 5 heteroatoms. The second-order valence-corrected chi connectivity index (χ2v) is 4.92. The smallest absolute Gasteiger partial charge is 0.224 e. The molecule has 1 aromatic carbocycles. The first-order chi connectivity index (χ1) is 9.22. The van der Waals surface area contributed by atoms with Crippen molar-refractivity contribution in [3.63, 3.8) is 0 Å². The number of thioether (sulfide) groups is 1. The van der Waals surface area contributed by atoms with E-state index in [1.54, 1.807) is 11.8 Å². The van der Waals surface area contributed by atoms with Gasteiger partial charge in [-0.3, -0.25) is 0 Å². The van der Waals surface area contributed by atoms with Crippen molar-refractivity contribution in [1.82, 2.24) is 9.97 Å². The van der Waals surface area contributed by atoms with Crippen molar-refractivity contribution in [1.29, 1.82) is 0 Å². The molecule has 100 valence electrons. The Balaban J connectivity index is 2.27. The number of aromatic nitrogens is 2. The number of hydrogen-bond acceptors (Lipinski definition) is 5. The van der Waals surface area contributed by atoms with E-state index >= 15 is 0 Å². The van der Waals surface area contributed by atoms with Crippen molar-refractivity contribution >= 4 is 29.2 Å². The Labute approximate surface area is 118 Å². The van der Waals surface area contributed by atoms with E-state index in [-0.39, 0.29) is 0 Å². The highest BCUT2D eigenvalue weighted by molar-refractivity contribution is 7.98. The highest BCUT2D eigenvalue weighted by Gasteiger charge is 2.04. The third-order valence-electron chi connectivity index (χ3n) is 2.56. The normalized spacial score (nSPS) is 10.3. The summed E-state index contributed by atoms with van der Waals surface area (Å²) in [5, 5.41) is 6.49. The summed E-state index contributed by atoms with van der Waals surface area (Å²) in [6.07, 6.45) is 2.07. The van der Waals surface area contributed by atoms with E-state index < -0.39 is 0 Å². The number of nitrogens with one attached hydrogen (secondary N) is 2. The maximum atomic E-state index is 4.45. The Morgan fingerprint density at radius 1 is 1.21 bits per heavy atom. The first-order valence-corrected chi connectivity index (χ1v) is 7.45. The molecule has 0 aliphatic heterocycles. The minimum Gasteiger partial charge on any atom is -0.354 e. The van der Waals surface area contributed by atoms with E-state index in [9.17, 15) is 0 Å². The summed E-state index contributed by atoms with van der Waals surface area (Å²) in [4.78, 5) is 9.99. The zero-order valence-electron chi connectivity index (χ0n) is 11.4. The van der Waals surface area contributed by atoms with Gasteiger partial charge in [0.05, 0.1) is 5.69 Å². The molecule has 0 aliphatic rings. The SMILES string of the molecule is CCNc1nc(C)cc(Nc2ccccc2SC)n1. The van der Waals surface area contributed by atoms with Gasteiger partial charge in [-0.05, 0) is 32.2 Å².